The monoisotopic (exact) mass is 389 g/mol. The number of pyridine rings is 1. The van der Waals surface area contributed by atoms with Crippen LogP contribution in [0.2, 0.25) is 5.02 Å². The molecule has 2 heterocycles. The van der Waals surface area contributed by atoms with E-state index in [4.69, 9.17) is 21.4 Å². The summed E-state index contributed by atoms with van der Waals surface area (Å²) in [6.45, 7) is 1.29. The van der Waals surface area contributed by atoms with Crippen molar-refractivity contribution >= 4 is 23.6 Å². The number of aromatic nitrogens is 1. The molecule has 2 aromatic rings. The number of nitrogens with one attached hydrogen (secondary N) is 1. The predicted molar refractivity (Wildman–Crippen MR) is 100 cm³/mol. The Hall–Kier alpha value is -2.80. The normalized spacial score (nSPS) is 14.6. The van der Waals surface area contributed by atoms with Gasteiger partial charge in [-0.3, -0.25) is 9.78 Å². The largest absolute Gasteiger partial charge is 0.490 e. The maximum Gasteiger partial charge on any atom is 0.404 e. The van der Waals surface area contributed by atoms with E-state index in [9.17, 15) is 9.59 Å². The van der Waals surface area contributed by atoms with Crippen molar-refractivity contribution in [1.29, 1.82) is 0 Å². The zero-order valence-electron chi connectivity index (χ0n) is 14.6. The number of piperidine rings is 1. The molecule has 0 spiro atoms. The fourth-order valence-corrected chi connectivity index (χ4v) is 3.05. The summed E-state index contributed by atoms with van der Waals surface area (Å²) in [5.41, 5.74) is 1.01. The average Bonchev–Trinajstić information content (AvgIpc) is 2.68. The minimum absolute atomic E-state index is 0.0503. The van der Waals surface area contributed by atoms with Crippen molar-refractivity contribution in [2.24, 2.45) is 0 Å². The number of benzene rings is 1. The Bertz CT molecular complexity index is 805. The number of carbonyl (C=O) groups is 2. The molecule has 142 valence electrons. The number of nitrogens with zero attached hydrogens (tertiary/aromatic N) is 2. The van der Waals surface area contributed by atoms with Crippen molar-refractivity contribution in [2.75, 3.05) is 13.1 Å². The third-order valence-corrected chi connectivity index (χ3v) is 4.58. The third kappa shape index (κ3) is 5.34. The highest BCUT2D eigenvalue weighted by Gasteiger charge is 2.25. The van der Waals surface area contributed by atoms with E-state index in [0.29, 0.717) is 29.4 Å². The van der Waals surface area contributed by atoms with Crippen LogP contribution in [0.25, 0.3) is 0 Å². The first-order valence-corrected chi connectivity index (χ1v) is 9.02. The Kier molecular flexibility index (Phi) is 6.13. The highest BCUT2D eigenvalue weighted by atomic mass is 35.5. The number of likely N-dealkylation sites (tertiary alicyclic amines) is 1. The first kappa shape index (κ1) is 19.0. The molecule has 0 bridgehead atoms. The lowest BCUT2D eigenvalue weighted by atomic mass is 10.1. The van der Waals surface area contributed by atoms with Crippen molar-refractivity contribution in [2.45, 2.75) is 25.5 Å². The molecular weight excluding hydrogens is 370 g/mol. The number of hydrogen-bond donors (Lipinski definition) is 2. The molecule has 27 heavy (non-hydrogen) atoms. The molecule has 3 rings (SSSR count). The molecule has 1 aliphatic rings. The van der Waals surface area contributed by atoms with Crippen LogP contribution in [0.3, 0.4) is 0 Å². The summed E-state index contributed by atoms with van der Waals surface area (Å²) in [5, 5.41) is 11.6. The lowest BCUT2D eigenvalue weighted by Gasteiger charge is -2.32. The van der Waals surface area contributed by atoms with E-state index in [2.05, 4.69) is 10.3 Å². The number of carboxylic acid groups (broad SMARTS) is 1. The maximum atomic E-state index is 12.7. The van der Waals surface area contributed by atoms with Gasteiger partial charge in [0.2, 0.25) is 0 Å². The summed E-state index contributed by atoms with van der Waals surface area (Å²) in [6, 6.07) is 10.5. The number of hydrogen-bond acceptors (Lipinski definition) is 4. The van der Waals surface area contributed by atoms with Crippen LogP contribution < -0.4 is 10.1 Å². The van der Waals surface area contributed by atoms with E-state index < -0.39 is 6.09 Å². The van der Waals surface area contributed by atoms with Crippen molar-refractivity contribution < 1.29 is 19.4 Å². The van der Waals surface area contributed by atoms with E-state index in [1.165, 1.54) is 6.20 Å². The van der Waals surface area contributed by atoms with Gasteiger partial charge in [-0.2, -0.15) is 0 Å². The number of amides is 2. The average molecular weight is 390 g/mol. The summed E-state index contributed by atoms with van der Waals surface area (Å²) in [5.74, 6) is 0.613. The number of rotatable bonds is 5. The molecule has 2 amide bonds. The van der Waals surface area contributed by atoms with Crippen LogP contribution in [0.4, 0.5) is 4.79 Å². The van der Waals surface area contributed by atoms with Crippen LogP contribution >= 0.6 is 11.6 Å². The summed E-state index contributed by atoms with van der Waals surface area (Å²) in [7, 11) is 0. The van der Waals surface area contributed by atoms with Gasteiger partial charge in [0.1, 0.15) is 17.5 Å². The lowest BCUT2D eigenvalue weighted by Crippen LogP contribution is -2.42. The summed E-state index contributed by atoms with van der Waals surface area (Å²) in [4.78, 5) is 29.1. The number of ether oxygens (including phenoxy) is 1. The van der Waals surface area contributed by atoms with Crippen LogP contribution in [0.1, 0.15) is 28.9 Å². The second-order valence-electron chi connectivity index (χ2n) is 6.27. The van der Waals surface area contributed by atoms with E-state index in [1.54, 1.807) is 29.2 Å². The Labute approximate surface area is 161 Å². The molecule has 1 aliphatic heterocycles. The quantitative estimate of drug-likeness (QED) is 0.819. The van der Waals surface area contributed by atoms with E-state index in [1.807, 2.05) is 12.1 Å². The smallest absolute Gasteiger partial charge is 0.404 e. The molecule has 0 unspecified atom stereocenters. The van der Waals surface area contributed by atoms with Gasteiger partial charge in [0.25, 0.3) is 5.91 Å². The minimum atomic E-state index is -1.11. The van der Waals surface area contributed by atoms with Crippen LogP contribution in [0.5, 0.6) is 5.75 Å². The van der Waals surface area contributed by atoms with Gasteiger partial charge in [-0.15, -0.1) is 0 Å². The zero-order valence-corrected chi connectivity index (χ0v) is 15.4. The third-order valence-electron chi connectivity index (χ3n) is 4.33. The fourth-order valence-electron chi connectivity index (χ4n) is 2.92. The summed E-state index contributed by atoms with van der Waals surface area (Å²) in [6.07, 6.45) is 1.92. The first-order valence-electron chi connectivity index (χ1n) is 8.64. The van der Waals surface area contributed by atoms with Crippen molar-refractivity contribution in [3.63, 3.8) is 0 Å². The number of halogens is 1. The molecule has 1 aromatic carbocycles. The predicted octanol–water partition coefficient (Wildman–Crippen LogP) is 3.19. The van der Waals surface area contributed by atoms with Gasteiger partial charge in [-0.25, -0.2) is 4.79 Å². The maximum absolute atomic E-state index is 12.7. The molecule has 7 nitrogen and oxygen atoms in total. The molecule has 0 aliphatic carbocycles. The van der Waals surface area contributed by atoms with E-state index >= 15 is 0 Å². The molecule has 0 radical (unpaired) electrons. The van der Waals surface area contributed by atoms with Gasteiger partial charge in [0, 0.05) is 43.7 Å². The van der Waals surface area contributed by atoms with Gasteiger partial charge in [0.15, 0.2) is 0 Å². The Morgan fingerprint density at radius 2 is 1.93 bits per heavy atom. The highest BCUT2D eigenvalue weighted by Crippen LogP contribution is 2.21. The molecule has 1 saturated heterocycles. The van der Waals surface area contributed by atoms with E-state index in [0.717, 1.165) is 18.6 Å². The molecule has 0 atom stereocenters. The van der Waals surface area contributed by atoms with Crippen LogP contribution in [0, 0.1) is 0 Å². The molecule has 2 N–H and O–H groups in total. The second-order valence-corrected chi connectivity index (χ2v) is 6.71. The van der Waals surface area contributed by atoms with Gasteiger partial charge >= 0.3 is 6.09 Å². The van der Waals surface area contributed by atoms with Gasteiger partial charge in [-0.05, 0) is 42.0 Å². The SMILES string of the molecule is O=C(O)NCc1ccnc(C(=O)N2CCC(Oc3ccc(Cl)cc3)CC2)c1. The molecule has 0 saturated carbocycles. The fraction of sp³-hybridized carbons (Fsp3) is 0.316. The van der Waals surface area contributed by atoms with Gasteiger partial charge in [-0.1, -0.05) is 11.6 Å². The minimum Gasteiger partial charge on any atom is -0.490 e. The van der Waals surface area contributed by atoms with Gasteiger partial charge < -0.3 is 20.1 Å². The second kappa shape index (κ2) is 8.73. The highest BCUT2D eigenvalue weighted by molar-refractivity contribution is 6.30. The number of carbonyl (C=O) groups excluding carboxylic acids is 1. The van der Waals surface area contributed by atoms with Crippen molar-refractivity contribution in [3.05, 3.63) is 58.9 Å². The zero-order chi connectivity index (χ0) is 19.2. The first-order chi connectivity index (χ1) is 13.0. The lowest BCUT2D eigenvalue weighted by molar-refractivity contribution is 0.0590. The van der Waals surface area contributed by atoms with Crippen LogP contribution in [-0.4, -0.2) is 46.2 Å². The van der Waals surface area contributed by atoms with Gasteiger partial charge in [0.05, 0.1) is 0 Å². The molecule has 1 aromatic heterocycles. The van der Waals surface area contributed by atoms with E-state index in [-0.39, 0.29) is 18.6 Å². The summed E-state index contributed by atoms with van der Waals surface area (Å²) >= 11 is 5.87. The summed E-state index contributed by atoms with van der Waals surface area (Å²) < 4.78 is 5.94. The Morgan fingerprint density at radius 3 is 2.59 bits per heavy atom. The molecule has 8 heteroatoms. The topological polar surface area (TPSA) is 91.8 Å². The molecule has 1 fully saturated rings. The van der Waals surface area contributed by atoms with Crippen molar-refractivity contribution in [3.8, 4) is 5.75 Å². The standard InChI is InChI=1S/C19H20ClN3O4/c20-14-1-3-15(4-2-14)27-16-6-9-23(10-7-16)18(24)17-11-13(5-8-21-17)12-22-19(25)26/h1-5,8,11,16,22H,6-7,9-10,12H2,(H,25,26). The van der Waals surface area contributed by atoms with Crippen LogP contribution in [-0.2, 0) is 6.54 Å². The Morgan fingerprint density at radius 1 is 1.22 bits per heavy atom. The van der Waals surface area contributed by atoms with Crippen molar-refractivity contribution in [1.82, 2.24) is 15.2 Å². The van der Waals surface area contributed by atoms with Crippen LogP contribution in [0.15, 0.2) is 42.6 Å². The molecular formula is C19H20ClN3O4. The Balaban J connectivity index is 1.54.